The summed E-state index contributed by atoms with van der Waals surface area (Å²) in [4.78, 5) is 0. The van der Waals surface area contributed by atoms with Gasteiger partial charge >= 0.3 is 0 Å². The number of hydrogen-bond acceptors (Lipinski definition) is 4. The van der Waals surface area contributed by atoms with Crippen LogP contribution in [0.5, 0.6) is 5.75 Å². The maximum absolute atomic E-state index is 11.8. The third-order valence-corrected chi connectivity index (χ3v) is 4.81. The molecule has 0 atom stereocenters. The first-order chi connectivity index (χ1) is 9.03. The van der Waals surface area contributed by atoms with Gasteiger partial charge in [-0.25, -0.2) is 13.1 Å². The molecule has 1 aliphatic heterocycles. The Morgan fingerprint density at radius 1 is 1.47 bits per heavy atom. The summed E-state index contributed by atoms with van der Waals surface area (Å²) in [7, 11) is -3.30. The van der Waals surface area contributed by atoms with Crippen molar-refractivity contribution >= 4 is 21.6 Å². The molecular weight excluding hydrogens is 290 g/mol. The highest BCUT2D eigenvalue weighted by Gasteiger charge is 2.32. The van der Waals surface area contributed by atoms with Crippen molar-refractivity contribution in [2.24, 2.45) is 0 Å². The number of sulfonamides is 1. The Morgan fingerprint density at radius 2 is 2.21 bits per heavy atom. The van der Waals surface area contributed by atoms with Crippen molar-refractivity contribution in [2.75, 3.05) is 19.8 Å². The molecule has 0 aliphatic carbocycles. The van der Waals surface area contributed by atoms with Crippen LogP contribution in [0.3, 0.4) is 0 Å². The highest BCUT2D eigenvalue weighted by molar-refractivity contribution is 7.90. The molecule has 1 heterocycles. The predicted octanol–water partition coefficient (Wildman–Crippen LogP) is 1.56. The first-order valence-corrected chi connectivity index (χ1v) is 7.93. The van der Waals surface area contributed by atoms with Crippen LogP contribution in [0.25, 0.3) is 0 Å². The molecule has 19 heavy (non-hydrogen) atoms. The average molecular weight is 306 g/mol. The van der Waals surface area contributed by atoms with E-state index in [9.17, 15) is 8.42 Å². The Kier molecular flexibility index (Phi) is 4.67. The molecule has 1 aliphatic rings. The number of nitrogens with one attached hydrogen (secondary N) is 1. The summed E-state index contributed by atoms with van der Waals surface area (Å²) in [5, 5.41) is 0.0381. The van der Waals surface area contributed by atoms with E-state index in [1.165, 1.54) is 0 Å². The normalized spacial score (nSPS) is 16.1. The molecule has 0 spiro atoms. The number of hydrogen-bond donors (Lipinski definition) is 1. The van der Waals surface area contributed by atoms with Crippen molar-refractivity contribution in [1.82, 2.24) is 4.72 Å². The molecule has 0 amide bonds. The zero-order chi connectivity index (χ0) is 13.9. The molecule has 5 nitrogen and oxygen atoms in total. The molecule has 1 saturated heterocycles. The van der Waals surface area contributed by atoms with Gasteiger partial charge in [0.25, 0.3) is 0 Å². The van der Waals surface area contributed by atoms with Crippen molar-refractivity contribution in [3.05, 3.63) is 28.8 Å². The number of ether oxygens (including phenoxy) is 2. The minimum atomic E-state index is -3.30. The van der Waals surface area contributed by atoms with Crippen LogP contribution in [0.2, 0.25) is 5.02 Å². The van der Waals surface area contributed by atoms with E-state index in [4.69, 9.17) is 21.1 Å². The van der Waals surface area contributed by atoms with E-state index in [-0.39, 0.29) is 19.8 Å². The van der Waals surface area contributed by atoms with Crippen LogP contribution >= 0.6 is 11.6 Å². The molecule has 2 rings (SSSR count). The lowest BCUT2D eigenvalue weighted by atomic mass is 10.2. The second-order valence-electron chi connectivity index (χ2n) is 4.22. The van der Waals surface area contributed by atoms with Gasteiger partial charge in [-0.1, -0.05) is 17.7 Å². The lowest BCUT2D eigenvalue weighted by Crippen LogP contribution is -2.46. The zero-order valence-corrected chi connectivity index (χ0v) is 12.1. The van der Waals surface area contributed by atoms with Gasteiger partial charge in [0, 0.05) is 6.54 Å². The van der Waals surface area contributed by atoms with Crippen LogP contribution in [-0.2, 0) is 21.3 Å². The fourth-order valence-corrected chi connectivity index (χ4v) is 3.03. The van der Waals surface area contributed by atoms with E-state index in [1.54, 1.807) is 18.2 Å². The van der Waals surface area contributed by atoms with Crippen molar-refractivity contribution in [2.45, 2.75) is 18.7 Å². The van der Waals surface area contributed by atoms with E-state index in [1.807, 2.05) is 6.92 Å². The third-order valence-electron chi connectivity index (χ3n) is 2.82. The third kappa shape index (κ3) is 3.60. The molecule has 1 fully saturated rings. The summed E-state index contributed by atoms with van der Waals surface area (Å²) in [5.41, 5.74) is 0.789. The van der Waals surface area contributed by atoms with E-state index < -0.39 is 15.3 Å². The topological polar surface area (TPSA) is 64.6 Å². The molecule has 106 valence electrons. The quantitative estimate of drug-likeness (QED) is 0.866. The number of benzene rings is 1. The summed E-state index contributed by atoms with van der Waals surface area (Å²) < 4.78 is 36.3. The van der Waals surface area contributed by atoms with E-state index in [2.05, 4.69) is 4.72 Å². The van der Waals surface area contributed by atoms with Gasteiger partial charge in [0.15, 0.2) is 0 Å². The molecule has 0 bridgehead atoms. The highest BCUT2D eigenvalue weighted by Crippen LogP contribution is 2.25. The van der Waals surface area contributed by atoms with Gasteiger partial charge in [-0.05, 0) is 24.6 Å². The Labute approximate surface area is 117 Å². The molecule has 0 saturated carbocycles. The monoisotopic (exact) mass is 305 g/mol. The smallest absolute Gasteiger partial charge is 0.219 e. The molecule has 7 heteroatoms. The Morgan fingerprint density at radius 3 is 2.74 bits per heavy atom. The average Bonchev–Trinajstić information content (AvgIpc) is 2.27. The van der Waals surface area contributed by atoms with Crippen LogP contribution in [0.15, 0.2) is 18.2 Å². The summed E-state index contributed by atoms with van der Waals surface area (Å²) in [5.74, 6) is 0.600. The molecule has 0 aromatic heterocycles. The summed E-state index contributed by atoms with van der Waals surface area (Å²) in [6.07, 6.45) is 0. The molecule has 1 N–H and O–H groups in total. The fraction of sp³-hybridized carbons (Fsp3) is 0.500. The van der Waals surface area contributed by atoms with Crippen LogP contribution in [0.1, 0.15) is 12.5 Å². The number of rotatable bonds is 6. The van der Waals surface area contributed by atoms with Gasteiger partial charge in [0.1, 0.15) is 11.0 Å². The number of halogens is 1. The minimum Gasteiger partial charge on any atom is -0.492 e. The van der Waals surface area contributed by atoms with Crippen molar-refractivity contribution < 1.29 is 17.9 Å². The van der Waals surface area contributed by atoms with Crippen molar-refractivity contribution in [1.29, 1.82) is 0 Å². The van der Waals surface area contributed by atoms with Crippen molar-refractivity contribution in [3.63, 3.8) is 0 Å². The molecule has 1 aromatic carbocycles. The Bertz CT molecular complexity index is 543. The van der Waals surface area contributed by atoms with Crippen LogP contribution in [-0.4, -0.2) is 33.5 Å². The first kappa shape index (κ1) is 14.6. The summed E-state index contributed by atoms with van der Waals surface area (Å²) in [6, 6.07) is 5.23. The van der Waals surface area contributed by atoms with Gasteiger partial charge in [0.2, 0.25) is 10.0 Å². The summed E-state index contributed by atoms with van der Waals surface area (Å²) in [6.45, 7) is 3.15. The molecule has 1 aromatic rings. The first-order valence-electron chi connectivity index (χ1n) is 6.00. The lowest BCUT2D eigenvalue weighted by Gasteiger charge is -2.25. The van der Waals surface area contributed by atoms with E-state index in [0.717, 1.165) is 5.56 Å². The molecular formula is C12H16ClNO4S. The van der Waals surface area contributed by atoms with Crippen molar-refractivity contribution in [3.8, 4) is 5.75 Å². The van der Waals surface area contributed by atoms with Gasteiger partial charge in [-0.15, -0.1) is 0 Å². The Balaban J connectivity index is 1.98. The lowest BCUT2D eigenvalue weighted by molar-refractivity contribution is 0.0411. The largest absolute Gasteiger partial charge is 0.492 e. The standard InChI is InChI=1S/C12H16ClNO4S/c1-2-18-12-4-3-9(5-11(12)13)6-14-19(15,16)10-7-17-8-10/h3-5,10,14H,2,6-8H2,1H3. The Hall–Kier alpha value is -0.820. The molecule has 0 radical (unpaired) electrons. The van der Waals surface area contributed by atoms with Gasteiger partial charge in [-0.3, -0.25) is 0 Å². The van der Waals surface area contributed by atoms with Crippen LogP contribution < -0.4 is 9.46 Å². The second-order valence-corrected chi connectivity index (χ2v) is 6.68. The van der Waals surface area contributed by atoms with E-state index >= 15 is 0 Å². The maximum atomic E-state index is 11.8. The van der Waals surface area contributed by atoms with Gasteiger partial charge in [-0.2, -0.15) is 0 Å². The molecule has 0 unspecified atom stereocenters. The van der Waals surface area contributed by atoms with Gasteiger partial charge < -0.3 is 9.47 Å². The van der Waals surface area contributed by atoms with Crippen LogP contribution in [0, 0.1) is 0 Å². The summed E-state index contributed by atoms with van der Waals surface area (Å²) >= 11 is 6.04. The second kappa shape index (κ2) is 6.09. The predicted molar refractivity (Wildman–Crippen MR) is 73.0 cm³/mol. The fourth-order valence-electron chi connectivity index (χ4n) is 1.62. The maximum Gasteiger partial charge on any atom is 0.219 e. The van der Waals surface area contributed by atoms with E-state index in [0.29, 0.717) is 17.4 Å². The highest BCUT2D eigenvalue weighted by atomic mass is 35.5. The minimum absolute atomic E-state index is 0.213. The SMILES string of the molecule is CCOc1ccc(CNS(=O)(=O)C2COC2)cc1Cl. The van der Waals surface area contributed by atoms with Crippen LogP contribution in [0.4, 0.5) is 0 Å². The van der Waals surface area contributed by atoms with Gasteiger partial charge in [0.05, 0.1) is 24.8 Å². The zero-order valence-electron chi connectivity index (χ0n) is 10.6.